The number of nitrogens with zero attached hydrogens (tertiary/aromatic N) is 4. The Bertz CT molecular complexity index is 4020. The molecule has 294 valence electrons. The van der Waals surface area contributed by atoms with E-state index in [-0.39, 0.29) is 67.0 Å². The summed E-state index contributed by atoms with van der Waals surface area (Å²) in [7, 11) is 0. The van der Waals surface area contributed by atoms with E-state index in [0.29, 0.717) is 39.2 Å². The van der Waals surface area contributed by atoms with Crippen LogP contribution in [-0.4, -0.2) is 14.1 Å². The molecule has 0 amide bonds. The summed E-state index contributed by atoms with van der Waals surface area (Å²) in [4.78, 5) is 4.73. The molecule has 0 aliphatic heterocycles. The molecule has 11 rings (SSSR count). The van der Waals surface area contributed by atoms with Crippen LogP contribution in [0.25, 0.3) is 83.4 Å². The second kappa shape index (κ2) is 16.0. The number of rotatable bonds is 8. The summed E-state index contributed by atoms with van der Waals surface area (Å²) in [5.74, 6) is 0.766. The van der Waals surface area contributed by atoms with Crippen molar-refractivity contribution in [2.24, 2.45) is 0 Å². The summed E-state index contributed by atoms with van der Waals surface area (Å²) in [6.45, 7) is -2.80. The molecule has 0 bridgehead atoms. The standard InChI is InChI=1S/C55H36N4O.Pt/c1-38-32-55(56-36-49(38)41-20-9-4-10-21-41)59-51-31-28-42(39-16-5-2-6-17-39)33-48(51)47-30-29-45(35-54(47)59)60-44-23-15-22-43(34-44)57-37-58(53-27-14-13-26-52(53)57)50-25-12-11-24-46(50)40-18-7-3-8-19-40;/h2-33,36H,1H3;/q-2;/i1D3,3D,4D,7D,8D,9D,10D,18D,19D,20D,21D;. The molecular weight excluding hydrogens is 928 g/mol. The first-order chi connectivity index (χ1) is 35.0. The van der Waals surface area contributed by atoms with Crippen molar-refractivity contribution in [2.75, 3.05) is 0 Å². The summed E-state index contributed by atoms with van der Waals surface area (Å²) >= 11 is 0. The predicted molar refractivity (Wildman–Crippen MR) is 241 cm³/mol. The predicted octanol–water partition coefficient (Wildman–Crippen LogP) is 12.9. The van der Waals surface area contributed by atoms with E-state index in [1.54, 1.807) is 56.2 Å². The first-order valence-electron chi connectivity index (χ1n) is 25.5. The van der Waals surface area contributed by atoms with E-state index in [4.69, 9.17) is 27.5 Å². The average molecular weight is 977 g/mol. The molecule has 0 radical (unpaired) electrons. The van der Waals surface area contributed by atoms with Crippen LogP contribution in [0.4, 0.5) is 0 Å². The van der Waals surface area contributed by atoms with Gasteiger partial charge in [0, 0.05) is 54.0 Å². The molecule has 0 N–H and O–H groups in total. The third kappa shape index (κ3) is 6.93. The van der Waals surface area contributed by atoms with Crippen molar-refractivity contribution in [1.82, 2.24) is 14.1 Å². The second-order valence-electron chi connectivity index (χ2n) is 13.9. The van der Waals surface area contributed by atoms with Crippen LogP contribution in [0.3, 0.4) is 0 Å². The van der Waals surface area contributed by atoms with E-state index in [9.17, 15) is 0 Å². The summed E-state index contributed by atoms with van der Waals surface area (Å²) in [5.41, 5.74) is 5.37. The van der Waals surface area contributed by atoms with Gasteiger partial charge in [0.1, 0.15) is 5.82 Å². The Morgan fingerprint density at radius 1 is 0.607 bits per heavy atom. The van der Waals surface area contributed by atoms with Crippen LogP contribution in [0.2, 0.25) is 0 Å². The summed E-state index contributed by atoms with van der Waals surface area (Å²) in [6.07, 6.45) is 4.65. The molecule has 0 atom stereocenters. The molecule has 6 heteroatoms. The van der Waals surface area contributed by atoms with Crippen molar-refractivity contribution < 1.29 is 48.2 Å². The minimum absolute atomic E-state index is 0. The van der Waals surface area contributed by atoms with Gasteiger partial charge in [0.15, 0.2) is 0 Å². The van der Waals surface area contributed by atoms with Crippen molar-refractivity contribution in [2.45, 2.75) is 6.85 Å². The van der Waals surface area contributed by atoms with E-state index >= 15 is 0 Å². The van der Waals surface area contributed by atoms with Crippen LogP contribution in [0.15, 0.2) is 200 Å². The smallest absolute Gasteiger partial charge is 0.268 e. The molecule has 0 spiro atoms. The quantitative estimate of drug-likeness (QED) is 0.112. The fourth-order valence-electron chi connectivity index (χ4n) is 7.61. The maximum Gasteiger partial charge on any atom is 0.268 e. The molecule has 0 saturated carbocycles. The molecule has 61 heavy (non-hydrogen) atoms. The van der Waals surface area contributed by atoms with Crippen LogP contribution >= 0.6 is 0 Å². The number of ether oxygens (including phenoxy) is 1. The SMILES string of the molecule is [2H]c1c([2H])c([2H])c(-c2ccccc2-[n+]2[c-]n(-c3[c-]c(Oc4[c-]c5c(cc4)c4cc(-c6ccccc6)ccc4n5-c4cc(C([2H])([2H])[2H])c(-c5c([2H])c([2H])c([2H])c([2H])c5[2H])cn4)ccc3)c3ccccc32)c([2H])c1[2H].[Pt]. The van der Waals surface area contributed by atoms with Gasteiger partial charge in [-0.15, -0.1) is 29.7 Å². The number of aryl methyl sites for hydroxylation is 1. The zero-order valence-corrected chi connectivity index (χ0v) is 34.1. The van der Waals surface area contributed by atoms with Crippen LogP contribution < -0.4 is 9.30 Å². The van der Waals surface area contributed by atoms with Gasteiger partial charge in [-0.2, -0.15) is 18.2 Å². The Balaban J connectivity index is 0.00000626. The third-order valence-electron chi connectivity index (χ3n) is 10.3. The molecule has 8 aromatic carbocycles. The van der Waals surface area contributed by atoms with Crippen LogP contribution in [0.5, 0.6) is 11.5 Å². The number of hydrogen-bond acceptors (Lipinski definition) is 2. The van der Waals surface area contributed by atoms with E-state index in [2.05, 4.69) is 18.5 Å². The number of pyridine rings is 1. The molecule has 0 unspecified atom stereocenters. The number of aromatic nitrogens is 4. The van der Waals surface area contributed by atoms with Gasteiger partial charge in [0.2, 0.25) is 0 Å². The Labute approximate surface area is 386 Å². The normalized spacial score (nSPS) is 14.5. The molecule has 0 fully saturated rings. The zero-order chi connectivity index (χ0) is 51.2. The Morgan fingerprint density at radius 3 is 2.16 bits per heavy atom. The molecular formula is C55H36N4OPt-2. The van der Waals surface area contributed by atoms with Gasteiger partial charge in [0.05, 0.1) is 30.4 Å². The third-order valence-corrected chi connectivity index (χ3v) is 10.3. The van der Waals surface area contributed by atoms with E-state index in [0.717, 1.165) is 27.4 Å². The largest absolute Gasteiger partial charge is 0.510 e. The van der Waals surface area contributed by atoms with Crippen LogP contribution in [-0.2, 0) is 21.1 Å². The van der Waals surface area contributed by atoms with Gasteiger partial charge in [-0.05, 0) is 69.5 Å². The first-order valence-corrected chi connectivity index (χ1v) is 19.0. The number of hydrogen-bond donors (Lipinski definition) is 0. The summed E-state index contributed by atoms with van der Waals surface area (Å²) in [6, 6.07) is 42.6. The van der Waals surface area contributed by atoms with Crippen molar-refractivity contribution in [3.63, 3.8) is 0 Å². The zero-order valence-electron chi connectivity index (χ0n) is 44.8. The van der Waals surface area contributed by atoms with Crippen molar-refractivity contribution in [1.29, 1.82) is 0 Å². The van der Waals surface area contributed by atoms with Gasteiger partial charge in [0.25, 0.3) is 6.33 Å². The molecule has 0 aliphatic carbocycles. The summed E-state index contributed by atoms with van der Waals surface area (Å²) < 4.78 is 122. The number of imidazole rings is 1. The Kier molecular flexibility index (Phi) is 6.83. The fraction of sp³-hybridized carbons (Fsp3) is 0.0182. The molecule has 0 saturated heterocycles. The first kappa shape index (κ1) is 26.0. The molecule has 5 nitrogen and oxygen atoms in total. The fourth-order valence-corrected chi connectivity index (χ4v) is 7.61. The molecule has 0 aliphatic rings. The van der Waals surface area contributed by atoms with E-state index in [1.807, 2.05) is 84.9 Å². The van der Waals surface area contributed by atoms with Crippen LogP contribution in [0, 0.1) is 25.3 Å². The maximum absolute atomic E-state index is 8.75. The van der Waals surface area contributed by atoms with Crippen molar-refractivity contribution >= 4 is 32.8 Å². The maximum atomic E-state index is 8.75. The average Bonchev–Trinajstić information content (AvgIpc) is 3.94. The van der Waals surface area contributed by atoms with E-state index in [1.165, 1.54) is 12.3 Å². The second-order valence-corrected chi connectivity index (χ2v) is 13.9. The number of benzene rings is 8. The molecule has 3 aromatic heterocycles. The van der Waals surface area contributed by atoms with Gasteiger partial charge in [-0.1, -0.05) is 151 Å². The molecule has 11 aromatic rings. The van der Waals surface area contributed by atoms with Gasteiger partial charge in [-0.25, -0.2) is 4.98 Å². The number of fused-ring (bicyclic) bond motifs is 4. The van der Waals surface area contributed by atoms with Crippen LogP contribution in [0.1, 0.15) is 23.4 Å². The monoisotopic (exact) mass is 976 g/mol. The topological polar surface area (TPSA) is 35.9 Å². The minimum Gasteiger partial charge on any atom is -0.510 e. The Hall–Kier alpha value is -7.33. The van der Waals surface area contributed by atoms with Crippen molar-refractivity contribution in [3.05, 3.63) is 224 Å². The minimum atomic E-state index is -2.80. The van der Waals surface area contributed by atoms with Gasteiger partial charge >= 0.3 is 0 Å². The van der Waals surface area contributed by atoms with Gasteiger partial charge < -0.3 is 13.9 Å². The Morgan fingerprint density at radius 2 is 1.34 bits per heavy atom. The summed E-state index contributed by atoms with van der Waals surface area (Å²) in [5, 5.41) is 1.54. The van der Waals surface area contributed by atoms with Gasteiger partial charge in [-0.3, -0.25) is 4.57 Å². The number of para-hydroxylation sites is 3. The van der Waals surface area contributed by atoms with E-state index < -0.39 is 55.2 Å². The molecule has 3 heterocycles. The van der Waals surface area contributed by atoms with Crippen molar-refractivity contribution in [3.8, 4) is 62.1 Å².